The maximum absolute atomic E-state index is 13.1. The van der Waals surface area contributed by atoms with E-state index < -0.39 is 33.6 Å². The molecule has 0 bridgehead atoms. The average molecular weight is 429 g/mol. The predicted molar refractivity (Wildman–Crippen MR) is 86.9 cm³/mol. The summed E-state index contributed by atoms with van der Waals surface area (Å²) >= 11 is 2.98. The third kappa shape index (κ3) is 4.70. The van der Waals surface area contributed by atoms with Gasteiger partial charge in [-0.3, -0.25) is 4.79 Å². The Hall–Kier alpha value is -1.13. The van der Waals surface area contributed by atoms with Gasteiger partial charge in [-0.15, -0.1) is 0 Å². The molecule has 24 heavy (non-hydrogen) atoms. The summed E-state index contributed by atoms with van der Waals surface area (Å²) in [4.78, 5) is 12.3. The van der Waals surface area contributed by atoms with Crippen LogP contribution in [-0.2, 0) is 21.0 Å². The number of carbonyl (C=O) groups excluding carboxylic acids is 1. The van der Waals surface area contributed by atoms with E-state index in [-0.39, 0.29) is 16.7 Å². The third-order valence-electron chi connectivity index (χ3n) is 3.77. The lowest BCUT2D eigenvalue weighted by molar-refractivity contribution is -0.137. The quantitative estimate of drug-likeness (QED) is 0.804. The van der Waals surface area contributed by atoms with Gasteiger partial charge in [0.2, 0.25) is 15.9 Å². The van der Waals surface area contributed by atoms with E-state index in [1.165, 1.54) is 16.4 Å². The van der Waals surface area contributed by atoms with Crippen LogP contribution in [0.15, 0.2) is 22.7 Å². The van der Waals surface area contributed by atoms with E-state index in [2.05, 4.69) is 21.2 Å². The van der Waals surface area contributed by atoms with Gasteiger partial charge in [0.15, 0.2) is 0 Å². The number of sulfonamides is 1. The van der Waals surface area contributed by atoms with Crippen LogP contribution in [0.5, 0.6) is 0 Å². The van der Waals surface area contributed by atoms with Crippen LogP contribution in [0.4, 0.5) is 18.9 Å². The summed E-state index contributed by atoms with van der Waals surface area (Å²) in [5.41, 5.74) is -1.30. The molecule has 1 atom stereocenters. The average Bonchev–Trinajstić information content (AvgIpc) is 2.47. The summed E-state index contributed by atoms with van der Waals surface area (Å²) in [5, 5.41) is 2.28. The van der Waals surface area contributed by atoms with Crippen LogP contribution in [0.2, 0.25) is 0 Å². The molecule has 0 radical (unpaired) electrons. The summed E-state index contributed by atoms with van der Waals surface area (Å²) in [6.07, 6.45) is -2.66. The highest BCUT2D eigenvalue weighted by Crippen LogP contribution is 2.37. The minimum absolute atomic E-state index is 0.0253. The first kappa shape index (κ1) is 19.2. The van der Waals surface area contributed by atoms with Gasteiger partial charge < -0.3 is 5.32 Å². The molecule has 1 aromatic rings. The highest BCUT2D eigenvalue weighted by atomic mass is 79.9. The number of amides is 1. The lowest BCUT2D eigenvalue weighted by atomic mass is 9.98. The van der Waals surface area contributed by atoms with E-state index >= 15 is 0 Å². The Labute approximate surface area is 146 Å². The van der Waals surface area contributed by atoms with Crippen LogP contribution in [0.25, 0.3) is 0 Å². The summed E-state index contributed by atoms with van der Waals surface area (Å²) < 4.78 is 63.8. The molecule has 1 aromatic carbocycles. The molecule has 0 aromatic heterocycles. The van der Waals surface area contributed by atoms with Gasteiger partial charge in [0.05, 0.1) is 23.4 Å². The van der Waals surface area contributed by atoms with Crippen molar-refractivity contribution in [1.82, 2.24) is 4.31 Å². The number of hydrogen-bond donors (Lipinski definition) is 1. The molecule has 1 aliphatic rings. The highest BCUT2D eigenvalue weighted by Gasteiger charge is 2.35. The molecule has 10 heteroatoms. The molecule has 2 rings (SSSR count). The van der Waals surface area contributed by atoms with Crippen molar-refractivity contribution < 1.29 is 26.4 Å². The van der Waals surface area contributed by atoms with Crippen molar-refractivity contribution >= 4 is 37.5 Å². The number of nitrogens with one attached hydrogen (secondary N) is 1. The minimum atomic E-state index is -4.61. The fourth-order valence-corrected chi connectivity index (χ4v) is 3.83. The van der Waals surface area contributed by atoms with E-state index in [0.717, 1.165) is 12.3 Å². The third-order valence-corrected chi connectivity index (χ3v) is 5.53. The van der Waals surface area contributed by atoms with Crippen LogP contribution in [-0.4, -0.2) is 38.0 Å². The number of carbonyl (C=O) groups is 1. The fourth-order valence-electron chi connectivity index (χ4n) is 2.55. The number of anilines is 1. The molecule has 1 unspecified atom stereocenters. The van der Waals surface area contributed by atoms with Crippen molar-refractivity contribution in [2.75, 3.05) is 24.7 Å². The maximum Gasteiger partial charge on any atom is 0.418 e. The standard InChI is InChI=1S/C14H16BrF3N2O3S/c1-24(22,23)20-6-2-3-9(8-20)13(21)19-12-5-4-10(15)7-11(12)14(16,17)18/h4-5,7,9H,2-3,6,8H2,1H3,(H,19,21). The summed E-state index contributed by atoms with van der Waals surface area (Å²) in [5.74, 6) is -1.30. The zero-order chi connectivity index (χ0) is 18.1. The molecule has 1 heterocycles. The van der Waals surface area contributed by atoms with Crippen molar-refractivity contribution in [1.29, 1.82) is 0 Å². The van der Waals surface area contributed by atoms with Gasteiger partial charge in [0.1, 0.15) is 0 Å². The van der Waals surface area contributed by atoms with E-state index in [4.69, 9.17) is 0 Å². The molecular formula is C14H16BrF3N2O3S. The number of piperidine rings is 1. The molecule has 0 saturated carbocycles. The van der Waals surface area contributed by atoms with Crippen LogP contribution >= 0.6 is 15.9 Å². The molecule has 0 aliphatic carbocycles. The second kappa shape index (κ2) is 7.01. The monoisotopic (exact) mass is 428 g/mol. The number of hydrogen-bond acceptors (Lipinski definition) is 3. The number of halogens is 4. The van der Waals surface area contributed by atoms with Gasteiger partial charge in [-0.05, 0) is 31.0 Å². The molecule has 1 saturated heterocycles. The van der Waals surface area contributed by atoms with E-state index in [1.807, 2.05) is 0 Å². The first-order chi connectivity index (χ1) is 11.0. The van der Waals surface area contributed by atoms with Crippen LogP contribution in [0, 0.1) is 5.92 Å². The smallest absolute Gasteiger partial charge is 0.325 e. The molecule has 134 valence electrons. The Morgan fingerprint density at radius 3 is 2.62 bits per heavy atom. The topological polar surface area (TPSA) is 66.5 Å². The normalized spacial score (nSPS) is 20.0. The van der Waals surface area contributed by atoms with Crippen molar-refractivity contribution in [3.8, 4) is 0 Å². The van der Waals surface area contributed by atoms with Gasteiger partial charge in [-0.1, -0.05) is 15.9 Å². The van der Waals surface area contributed by atoms with Gasteiger partial charge in [-0.2, -0.15) is 13.2 Å². The van der Waals surface area contributed by atoms with E-state index in [0.29, 0.717) is 19.4 Å². The zero-order valence-corrected chi connectivity index (χ0v) is 15.1. The Balaban J connectivity index is 2.18. The first-order valence-corrected chi connectivity index (χ1v) is 9.75. The molecule has 5 nitrogen and oxygen atoms in total. The Morgan fingerprint density at radius 1 is 1.38 bits per heavy atom. The number of benzene rings is 1. The van der Waals surface area contributed by atoms with E-state index in [9.17, 15) is 26.4 Å². The molecule has 0 spiro atoms. The Kier molecular flexibility index (Phi) is 5.61. The Bertz CT molecular complexity index is 737. The predicted octanol–water partition coefficient (Wildman–Crippen LogP) is 3.08. The molecule has 1 amide bonds. The molecule has 1 N–H and O–H groups in total. The Morgan fingerprint density at radius 2 is 2.04 bits per heavy atom. The maximum atomic E-state index is 13.1. The van der Waals surface area contributed by atoms with E-state index in [1.54, 1.807) is 0 Å². The van der Waals surface area contributed by atoms with Gasteiger partial charge in [0.25, 0.3) is 0 Å². The molecular weight excluding hydrogens is 413 g/mol. The molecule has 1 aliphatic heterocycles. The second-order valence-electron chi connectivity index (χ2n) is 5.64. The van der Waals surface area contributed by atoms with Gasteiger partial charge in [0, 0.05) is 17.6 Å². The van der Waals surface area contributed by atoms with Crippen LogP contribution in [0.3, 0.4) is 0 Å². The largest absolute Gasteiger partial charge is 0.418 e. The lowest BCUT2D eigenvalue weighted by Gasteiger charge is -2.30. The summed E-state index contributed by atoms with van der Waals surface area (Å²) in [7, 11) is -3.44. The number of rotatable bonds is 3. The van der Waals surface area contributed by atoms with Crippen molar-refractivity contribution in [2.45, 2.75) is 19.0 Å². The van der Waals surface area contributed by atoms with Crippen molar-refractivity contribution in [2.24, 2.45) is 5.92 Å². The fraction of sp³-hybridized carbons (Fsp3) is 0.500. The van der Waals surface area contributed by atoms with Crippen molar-refractivity contribution in [3.05, 3.63) is 28.2 Å². The second-order valence-corrected chi connectivity index (χ2v) is 8.54. The lowest BCUT2D eigenvalue weighted by Crippen LogP contribution is -2.43. The van der Waals surface area contributed by atoms with Gasteiger partial charge >= 0.3 is 6.18 Å². The van der Waals surface area contributed by atoms with Crippen LogP contribution in [0.1, 0.15) is 18.4 Å². The van der Waals surface area contributed by atoms with Gasteiger partial charge in [-0.25, -0.2) is 12.7 Å². The first-order valence-electron chi connectivity index (χ1n) is 7.11. The summed E-state index contributed by atoms with van der Waals surface area (Å²) in [6, 6.07) is 3.45. The van der Waals surface area contributed by atoms with Crippen molar-refractivity contribution in [3.63, 3.8) is 0 Å². The minimum Gasteiger partial charge on any atom is -0.325 e. The zero-order valence-electron chi connectivity index (χ0n) is 12.7. The SMILES string of the molecule is CS(=O)(=O)N1CCCC(C(=O)Nc2ccc(Br)cc2C(F)(F)F)C1. The highest BCUT2D eigenvalue weighted by molar-refractivity contribution is 9.10. The van der Waals surface area contributed by atoms with Crippen LogP contribution < -0.4 is 5.32 Å². The number of nitrogens with zero attached hydrogens (tertiary/aromatic N) is 1. The molecule has 1 fully saturated rings. The number of alkyl halides is 3. The summed E-state index contributed by atoms with van der Waals surface area (Å²) in [6.45, 7) is 0.289.